The normalized spacial score (nSPS) is 17.9. The summed E-state index contributed by atoms with van der Waals surface area (Å²) in [6, 6.07) is 34.7. The van der Waals surface area contributed by atoms with Crippen molar-refractivity contribution in [3.63, 3.8) is 0 Å². The van der Waals surface area contributed by atoms with Crippen LogP contribution in [0.25, 0.3) is 21.9 Å². The predicted octanol–water partition coefficient (Wildman–Crippen LogP) is 6.35. The van der Waals surface area contributed by atoms with Crippen LogP contribution in [0.1, 0.15) is 23.1 Å². The highest BCUT2D eigenvalue weighted by molar-refractivity contribution is 6.22. The number of fused-ring (bicyclic) bond motifs is 1. The molecule has 1 unspecified atom stereocenters. The first-order valence-electron chi connectivity index (χ1n) is 10.5. The first-order chi connectivity index (χ1) is 15.1. The molecule has 4 aromatic rings. The van der Waals surface area contributed by atoms with Gasteiger partial charge in [0.2, 0.25) is 0 Å². The van der Waals surface area contributed by atoms with Gasteiger partial charge in [0.15, 0.2) is 0 Å². The highest BCUT2D eigenvalue weighted by Gasteiger charge is 2.39. The van der Waals surface area contributed by atoms with E-state index in [9.17, 15) is 4.79 Å². The van der Waals surface area contributed by atoms with E-state index in [4.69, 9.17) is 0 Å². The van der Waals surface area contributed by atoms with Crippen molar-refractivity contribution in [3.05, 3.63) is 132 Å². The molecule has 1 aliphatic rings. The molecule has 1 heterocycles. The zero-order valence-electron chi connectivity index (χ0n) is 17.2. The highest BCUT2D eigenvalue weighted by atomic mass is 16.2. The number of rotatable bonds is 5. The molecule has 4 aromatic carbocycles. The number of hydrogen-bond acceptors (Lipinski definition) is 1. The maximum Gasteiger partial charge on any atom is 0.252 e. The fraction of sp³-hybridized carbons (Fsp3) is 0.0690. The molecule has 0 bridgehead atoms. The Hall–Kier alpha value is -3.91. The number of carbonyl (C=O) groups is 1. The van der Waals surface area contributed by atoms with Crippen LogP contribution in [-0.2, 0) is 10.3 Å². The minimum absolute atomic E-state index is 0.0543. The summed E-state index contributed by atoms with van der Waals surface area (Å²) in [6.07, 6.45) is 2.67. The zero-order chi connectivity index (χ0) is 21.3. The van der Waals surface area contributed by atoms with Crippen LogP contribution in [0.5, 0.6) is 0 Å². The summed E-state index contributed by atoms with van der Waals surface area (Å²) in [6.45, 7) is 4.41. The van der Waals surface area contributed by atoms with Gasteiger partial charge in [-0.25, -0.2) is 0 Å². The lowest BCUT2D eigenvalue weighted by molar-refractivity contribution is -0.116. The van der Waals surface area contributed by atoms with E-state index in [1.165, 1.54) is 10.8 Å². The molecular weight excluding hydrogens is 378 g/mol. The number of amides is 1. The van der Waals surface area contributed by atoms with E-state index >= 15 is 0 Å². The number of nitrogens with one attached hydrogen (secondary N) is 1. The van der Waals surface area contributed by atoms with Gasteiger partial charge in [-0.2, -0.15) is 0 Å². The van der Waals surface area contributed by atoms with Gasteiger partial charge >= 0.3 is 0 Å². The van der Waals surface area contributed by atoms with Gasteiger partial charge in [-0.15, -0.1) is 0 Å². The van der Waals surface area contributed by atoms with Crippen molar-refractivity contribution in [2.24, 2.45) is 0 Å². The van der Waals surface area contributed by atoms with Crippen LogP contribution >= 0.6 is 0 Å². The summed E-state index contributed by atoms with van der Waals surface area (Å²) in [5.41, 5.74) is 4.12. The number of hydrogen-bond donors (Lipinski definition) is 1. The molecule has 0 aliphatic carbocycles. The fourth-order valence-corrected chi connectivity index (χ4v) is 4.39. The standard InChI is InChI=1S/C29H23NO/c1-21(24-17-16-22-10-8-9-13-25(22)18-24)19-29(26-14-6-3-7-15-26)20-27(28(31)30-29)23-11-4-2-5-12-23/h2-18,20H,1,19H2,(H,30,31). The largest absolute Gasteiger partial charge is 0.339 e. The van der Waals surface area contributed by atoms with E-state index in [1.807, 2.05) is 60.7 Å². The Morgan fingerprint density at radius 1 is 0.774 bits per heavy atom. The van der Waals surface area contributed by atoms with Crippen molar-refractivity contribution < 1.29 is 4.79 Å². The lowest BCUT2D eigenvalue weighted by atomic mass is 9.82. The first-order valence-corrected chi connectivity index (χ1v) is 10.5. The molecule has 1 aliphatic heterocycles. The molecule has 0 spiro atoms. The monoisotopic (exact) mass is 401 g/mol. The molecule has 0 radical (unpaired) electrons. The lowest BCUT2D eigenvalue weighted by Gasteiger charge is -2.29. The zero-order valence-corrected chi connectivity index (χ0v) is 17.2. The van der Waals surface area contributed by atoms with Crippen molar-refractivity contribution >= 4 is 27.8 Å². The fourth-order valence-electron chi connectivity index (χ4n) is 4.39. The second-order valence-electron chi connectivity index (χ2n) is 8.06. The van der Waals surface area contributed by atoms with Gasteiger partial charge in [-0.05, 0) is 45.2 Å². The van der Waals surface area contributed by atoms with E-state index < -0.39 is 5.54 Å². The summed E-state index contributed by atoms with van der Waals surface area (Å²) in [7, 11) is 0. The maximum atomic E-state index is 13.0. The third kappa shape index (κ3) is 3.57. The SMILES string of the molecule is C=C(CC1(c2ccccc2)C=C(c2ccccc2)C(=O)N1)c1ccc2ccccc2c1. The van der Waals surface area contributed by atoms with Crippen molar-refractivity contribution in [1.29, 1.82) is 0 Å². The molecule has 1 N–H and O–H groups in total. The van der Waals surface area contributed by atoms with Gasteiger partial charge in [-0.3, -0.25) is 4.79 Å². The molecule has 0 fully saturated rings. The van der Waals surface area contributed by atoms with Gasteiger partial charge < -0.3 is 5.32 Å². The number of benzene rings is 4. The molecule has 2 nitrogen and oxygen atoms in total. The van der Waals surface area contributed by atoms with E-state index in [1.54, 1.807) is 0 Å². The van der Waals surface area contributed by atoms with E-state index in [0.717, 1.165) is 22.3 Å². The minimum atomic E-state index is -0.633. The molecule has 31 heavy (non-hydrogen) atoms. The Labute approximate surface area is 182 Å². The molecule has 1 amide bonds. The quantitative estimate of drug-likeness (QED) is 0.415. The average Bonchev–Trinajstić information content (AvgIpc) is 3.17. The molecular formula is C29H23NO. The van der Waals surface area contributed by atoms with E-state index in [2.05, 4.69) is 60.4 Å². The van der Waals surface area contributed by atoms with Crippen LogP contribution in [0.4, 0.5) is 0 Å². The molecule has 2 heteroatoms. The van der Waals surface area contributed by atoms with Gasteiger partial charge in [0, 0.05) is 12.0 Å². The molecule has 0 saturated heterocycles. The van der Waals surface area contributed by atoms with Crippen LogP contribution < -0.4 is 5.32 Å². The van der Waals surface area contributed by atoms with Crippen LogP contribution in [0.2, 0.25) is 0 Å². The maximum absolute atomic E-state index is 13.0. The van der Waals surface area contributed by atoms with E-state index in [0.29, 0.717) is 12.0 Å². The van der Waals surface area contributed by atoms with E-state index in [-0.39, 0.29) is 5.91 Å². The smallest absolute Gasteiger partial charge is 0.252 e. The van der Waals surface area contributed by atoms with Gasteiger partial charge in [0.25, 0.3) is 5.91 Å². The third-order valence-corrected chi connectivity index (χ3v) is 6.00. The summed E-state index contributed by atoms with van der Waals surface area (Å²) in [5.74, 6) is -0.0543. The van der Waals surface area contributed by atoms with Crippen LogP contribution in [-0.4, -0.2) is 5.91 Å². The second-order valence-corrected chi connectivity index (χ2v) is 8.06. The summed E-state index contributed by atoms with van der Waals surface area (Å²) in [4.78, 5) is 13.0. The molecule has 5 rings (SSSR count). The second kappa shape index (κ2) is 7.73. The summed E-state index contributed by atoms with van der Waals surface area (Å²) < 4.78 is 0. The molecule has 0 saturated carbocycles. The molecule has 1 atom stereocenters. The average molecular weight is 402 g/mol. The Morgan fingerprint density at radius 3 is 2.16 bits per heavy atom. The minimum Gasteiger partial charge on any atom is -0.339 e. The summed E-state index contributed by atoms with van der Waals surface area (Å²) in [5, 5.41) is 5.67. The Bertz CT molecular complexity index is 1300. The number of carbonyl (C=O) groups excluding carboxylic acids is 1. The lowest BCUT2D eigenvalue weighted by Crippen LogP contribution is -2.39. The molecule has 150 valence electrons. The van der Waals surface area contributed by atoms with Gasteiger partial charge in [-0.1, -0.05) is 104 Å². The van der Waals surface area contributed by atoms with Crippen LogP contribution in [0.15, 0.2) is 116 Å². The van der Waals surface area contributed by atoms with Crippen molar-refractivity contribution in [2.45, 2.75) is 12.0 Å². The van der Waals surface area contributed by atoms with Crippen LogP contribution in [0, 0.1) is 0 Å². The first kappa shape index (κ1) is 19.1. The van der Waals surface area contributed by atoms with Crippen LogP contribution in [0.3, 0.4) is 0 Å². The van der Waals surface area contributed by atoms with Crippen molar-refractivity contribution in [3.8, 4) is 0 Å². The molecule has 0 aromatic heterocycles. The Kier molecular flexibility index (Phi) is 4.76. The third-order valence-electron chi connectivity index (χ3n) is 6.00. The van der Waals surface area contributed by atoms with Crippen molar-refractivity contribution in [1.82, 2.24) is 5.32 Å². The summed E-state index contributed by atoms with van der Waals surface area (Å²) >= 11 is 0. The Balaban J connectivity index is 1.56. The topological polar surface area (TPSA) is 29.1 Å². The van der Waals surface area contributed by atoms with Crippen molar-refractivity contribution in [2.75, 3.05) is 0 Å². The predicted molar refractivity (Wildman–Crippen MR) is 128 cm³/mol. The highest BCUT2D eigenvalue weighted by Crippen LogP contribution is 2.40. The van der Waals surface area contributed by atoms with Gasteiger partial charge in [0.1, 0.15) is 0 Å². The Morgan fingerprint density at radius 2 is 1.42 bits per heavy atom. The van der Waals surface area contributed by atoms with Gasteiger partial charge in [0.05, 0.1) is 5.54 Å².